The summed E-state index contributed by atoms with van der Waals surface area (Å²) in [5.41, 5.74) is -1.26. The molecule has 0 aliphatic rings. The number of aryl methyl sites for hydroxylation is 1. The zero-order chi connectivity index (χ0) is 29.9. The lowest BCUT2D eigenvalue weighted by Gasteiger charge is -2.27. The van der Waals surface area contributed by atoms with E-state index in [2.05, 4.69) is 9.97 Å². The molecule has 1 aromatic carbocycles. The minimum atomic E-state index is -4.58. The number of hydrogen-bond donors (Lipinski definition) is 0. The van der Waals surface area contributed by atoms with Crippen molar-refractivity contribution >= 4 is 46.6 Å². The molecule has 2 heterocycles. The highest BCUT2D eigenvalue weighted by Gasteiger charge is 2.32. The average Bonchev–Trinajstić information content (AvgIpc) is 3.13. The van der Waals surface area contributed by atoms with Gasteiger partial charge in [0.25, 0.3) is 0 Å². The van der Waals surface area contributed by atoms with Gasteiger partial charge in [-0.15, -0.1) is 5.06 Å². The van der Waals surface area contributed by atoms with E-state index in [0.717, 1.165) is 28.4 Å². The van der Waals surface area contributed by atoms with Gasteiger partial charge in [0.1, 0.15) is 16.2 Å². The quantitative estimate of drug-likeness (QED) is 0.209. The molecule has 0 N–H and O–H groups in total. The molecule has 0 saturated carbocycles. The number of carbonyl (C=O) groups is 2. The Labute approximate surface area is 238 Å². The number of benzene rings is 1. The Morgan fingerprint density at radius 1 is 1.05 bits per heavy atom. The lowest BCUT2D eigenvalue weighted by molar-refractivity contribution is -0.137. The molecule has 2 aromatic heterocycles. The molecule has 0 aliphatic heterocycles. The van der Waals surface area contributed by atoms with E-state index >= 15 is 0 Å². The predicted molar refractivity (Wildman–Crippen MR) is 143 cm³/mol. The first-order chi connectivity index (χ1) is 18.4. The van der Waals surface area contributed by atoms with Crippen molar-refractivity contribution in [1.82, 2.24) is 19.6 Å². The van der Waals surface area contributed by atoms with E-state index in [0.29, 0.717) is 16.9 Å². The lowest BCUT2D eigenvalue weighted by Crippen LogP contribution is -2.40. The maximum absolute atomic E-state index is 13.0. The number of fused-ring (bicyclic) bond motifs is 1. The Hall–Kier alpha value is -3.19. The number of imidazole rings is 1. The monoisotopic (exact) mass is 602 g/mol. The number of amides is 1. The SMILES string of the molecule is CC(C)(C)OC(=O)ON(CCCn1c(Sc2ncc(C(F)(F)F)cc2Cl)nc2ccccc21)C(=O)OC(C)(C)C. The van der Waals surface area contributed by atoms with Gasteiger partial charge in [-0.05, 0) is 77.9 Å². The Balaban J connectivity index is 1.82. The van der Waals surface area contributed by atoms with Crippen LogP contribution in [-0.4, -0.2) is 49.6 Å². The maximum atomic E-state index is 13.0. The van der Waals surface area contributed by atoms with Gasteiger partial charge in [0.05, 0.1) is 28.2 Å². The Kier molecular flexibility index (Phi) is 9.50. The molecule has 0 atom stereocenters. The van der Waals surface area contributed by atoms with Gasteiger partial charge in [-0.25, -0.2) is 19.6 Å². The second-order valence-corrected chi connectivity index (χ2v) is 12.0. The van der Waals surface area contributed by atoms with E-state index in [1.54, 1.807) is 53.7 Å². The fraction of sp³-hybridized carbons (Fsp3) is 0.462. The summed E-state index contributed by atoms with van der Waals surface area (Å²) < 4.78 is 51.5. The van der Waals surface area contributed by atoms with Gasteiger partial charge in [0.15, 0.2) is 5.16 Å². The van der Waals surface area contributed by atoms with Gasteiger partial charge in [-0.2, -0.15) is 13.2 Å². The van der Waals surface area contributed by atoms with Crippen LogP contribution in [0.5, 0.6) is 0 Å². The first-order valence-electron chi connectivity index (χ1n) is 12.2. The van der Waals surface area contributed by atoms with E-state index in [-0.39, 0.29) is 29.6 Å². The number of halogens is 4. The molecule has 0 spiro atoms. The number of ether oxygens (including phenoxy) is 2. The fourth-order valence-electron chi connectivity index (χ4n) is 3.31. The zero-order valence-corrected chi connectivity index (χ0v) is 24.4. The minimum Gasteiger partial charge on any atom is -0.442 e. The van der Waals surface area contributed by atoms with Crippen LogP contribution < -0.4 is 0 Å². The van der Waals surface area contributed by atoms with Crippen molar-refractivity contribution in [2.45, 2.75) is 82.1 Å². The van der Waals surface area contributed by atoms with Crippen LogP contribution in [-0.2, 0) is 27.0 Å². The van der Waals surface area contributed by atoms with Gasteiger partial charge in [-0.1, -0.05) is 23.7 Å². The predicted octanol–water partition coefficient (Wildman–Crippen LogP) is 7.75. The fourth-order valence-corrected chi connectivity index (χ4v) is 4.47. The molecule has 0 saturated heterocycles. The van der Waals surface area contributed by atoms with Crippen LogP contribution in [0.2, 0.25) is 5.02 Å². The third-order valence-electron chi connectivity index (χ3n) is 4.86. The second-order valence-electron chi connectivity index (χ2n) is 10.6. The van der Waals surface area contributed by atoms with Crippen molar-refractivity contribution in [1.29, 1.82) is 0 Å². The van der Waals surface area contributed by atoms with E-state index < -0.39 is 35.2 Å². The molecule has 3 aromatic rings. The molecule has 40 heavy (non-hydrogen) atoms. The van der Waals surface area contributed by atoms with E-state index in [1.807, 2.05) is 16.7 Å². The normalized spacial score (nSPS) is 12.3. The molecule has 3 rings (SSSR count). The number of para-hydroxylation sites is 2. The van der Waals surface area contributed by atoms with Gasteiger partial charge in [-0.3, -0.25) is 0 Å². The van der Waals surface area contributed by atoms with Gasteiger partial charge >= 0.3 is 18.4 Å². The topological polar surface area (TPSA) is 95.8 Å². The molecule has 0 unspecified atom stereocenters. The smallest absolute Gasteiger partial charge is 0.442 e. The van der Waals surface area contributed by atoms with Crippen LogP contribution in [0.25, 0.3) is 11.0 Å². The first kappa shape index (κ1) is 31.3. The number of carbonyl (C=O) groups excluding carboxylic acids is 2. The standard InChI is InChI=1S/C26H30ClF3N4O5S/c1-24(2,3)37-22(35)34(39-23(36)38-25(4,5)6)13-9-12-33-19-11-8-7-10-18(19)32-21(33)40-20-17(27)14-16(15-31-20)26(28,29)30/h7-8,10-11,14-15H,9,12-13H2,1-6H3. The number of hydroxylamine groups is 2. The third kappa shape index (κ3) is 8.91. The van der Waals surface area contributed by atoms with Gasteiger partial charge in [0, 0.05) is 12.7 Å². The lowest BCUT2D eigenvalue weighted by atomic mass is 10.2. The Bertz CT molecular complexity index is 1370. The van der Waals surface area contributed by atoms with Crippen LogP contribution in [0.1, 0.15) is 53.5 Å². The van der Waals surface area contributed by atoms with Crippen molar-refractivity contribution in [2.24, 2.45) is 0 Å². The minimum absolute atomic E-state index is 0.0515. The molecule has 0 bridgehead atoms. The maximum Gasteiger partial charge on any atom is 0.534 e. The van der Waals surface area contributed by atoms with E-state index in [4.69, 9.17) is 25.9 Å². The van der Waals surface area contributed by atoms with E-state index in [1.165, 1.54) is 0 Å². The summed E-state index contributed by atoms with van der Waals surface area (Å²) in [4.78, 5) is 38.7. The third-order valence-corrected chi connectivity index (χ3v) is 6.27. The summed E-state index contributed by atoms with van der Waals surface area (Å²) in [6, 6.07) is 8.05. The highest BCUT2D eigenvalue weighted by molar-refractivity contribution is 7.99. The summed E-state index contributed by atoms with van der Waals surface area (Å²) in [5.74, 6) is 0. The molecule has 0 radical (unpaired) electrons. The summed E-state index contributed by atoms with van der Waals surface area (Å²) in [7, 11) is 0. The van der Waals surface area contributed by atoms with Gasteiger partial charge < -0.3 is 18.9 Å². The average molecular weight is 603 g/mol. The molecule has 14 heteroatoms. The summed E-state index contributed by atoms with van der Waals surface area (Å²) in [6.07, 6.45) is -5.51. The summed E-state index contributed by atoms with van der Waals surface area (Å²) in [6.45, 7) is 10.3. The molecular formula is C26H30ClF3N4O5S. The van der Waals surface area contributed by atoms with Crippen LogP contribution in [0, 0.1) is 0 Å². The van der Waals surface area contributed by atoms with Crippen molar-refractivity contribution in [3.05, 3.63) is 47.1 Å². The van der Waals surface area contributed by atoms with Crippen molar-refractivity contribution < 1.29 is 37.1 Å². The van der Waals surface area contributed by atoms with Crippen molar-refractivity contribution in [3.63, 3.8) is 0 Å². The highest BCUT2D eigenvalue weighted by Crippen LogP contribution is 2.37. The number of aromatic nitrogens is 3. The van der Waals surface area contributed by atoms with Crippen LogP contribution >= 0.6 is 23.4 Å². The molecule has 1 amide bonds. The van der Waals surface area contributed by atoms with Crippen LogP contribution in [0.3, 0.4) is 0 Å². The second kappa shape index (κ2) is 12.1. The number of alkyl halides is 3. The molecule has 218 valence electrons. The first-order valence-corrected chi connectivity index (χ1v) is 13.4. The molecular weight excluding hydrogens is 573 g/mol. The number of pyridine rings is 1. The number of rotatable bonds is 6. The molecule has 0 aliphatic carbocycles. The summed E-state index contributed by atoms with van der Waals surface area (Å²) in [5, 5.41) is 1.20. The van der Waals surface area contributed by atoms with Gasteiger partial charge in [0.2, 0.25) is 0 Å². The Morgan fingerprint density at radius 3 is 2.30 bits per heavy atom. The largest absolute Gasteiger partial charge is 0.534 e. The Morgan fingerprint density at radius 2 is 1.70 bits per heavy atom. The van der Waals surface area contributed by atoms with Crippen molar-refractivity contribution in [2.75, 3.05) is 6.54 Å². The van der Waals surface area contributed by atoms with Crippen molar-refractivity contribution in [3.8, 4) is 0 Å². The number of hydrogen-bond acceptors (Lipinski definition) is 8. The number of nitrogens with zero attached hydrogens (tertiary/aromatic N) is 4. The zero-order valence-electron chi connectivity index (χ0n) is 22.8. The molecule has 0 fully saturated rings. The van der Waals surface area contributed by atoms with E-state index in [9.17, 15) is 22.8 Å². The highest BCUT2D eigenvalue weighted by atomic mass is 35.5. The summed E-state index contributed by atoms with van der Waals surface area (Å²) >= 11 is 7.13. The van der Waals surface area contributed by atoms with Crippen LogP contribution in [0.4, 0.5) is 22.8 Å². The van der Waals surface area contributed by atoms with Crippen LogP contribution in [0.15, 0.2) is 46.7 Å². The molecule has 9 nitrogen and oxygen atoms in total.